The van der Waals surface area contributed by atoms with Crippen molar-refractivity contribution < 1.29 is 38.0 Å². The molecule has 0 unspecified atom stereocenters. The maximum Gasteiger partial charge on any atom is 0.303 e. The van der Waals surface area contributed by atoms with Crippen LogP contribution in [-0.2, 0) is 19.1 Å². The van der Waals surface area contributed by atoms with Gasteiger partial charge in [-0.3, -0.25) is 9.59 Å². The highest BCUT2D eigenvalue weighted by atomic mass is 16.6. The number of esters is 2. The Morgan fingerprint density at radius 3 is 1.94 bits per heavy atom. The van der Waals surface area contributed by atoms with E-state index < -0.39 is 17.5 Å². The number of fused-ring (bicyclic) bond motifs is 1. The molecule has 0 saturated carbocycles. The van der Waals surface area contributed by atoms with E-state index in [0.29, 0.717) is 39.3 Å². The Bertz CT molecular complexity index is 995. The van der Waals surface area contributed by atoms with Gasteiger partial charge in [0.15, 0.2) is 5.60 Å². The summed E-state index contributed by atoms with van der Waals surface area (Å²) in [5.41, 5.74) is -0.539. The number of rotatable bonds is 9. The van der Waals surface area contributed by atoms with E-state index in [-0.39, 0.29) is 6.61 Å². The fraction of sp³-hybridized carbons (Fsp3) is 0.391. The number of carbonyl (C=O) groups excluding carboxylic acids is 2. The standard InChI is InChI=1S/C23H28O8/c1-14(24)30-13-23(3,31-15(2)25)11-10-16-12-19(28-6)20-17(26-4)8-9-18(27-5)21(20)22(16)29-7/h8-12H,13H2,1-7H3/b11-10+/t23-/m1/s1. The van der Waals surface area contributed by atoms with Gasteiger partial charge in [0.1, 0.15) is 29.6 Å². The molecule has 0 aliphatic rings. The van der Waals surface area contributed by atoms with Gasteiger partial charge in [0.25, 0.3) is 0 Å². The first kappa shape index (κ1) is 23.9. The first-order valence-corrected chi connectivity index (χ1v) is 9.51. The Morgan fingerprint density at radius 2 is 1.45 bits per heavy atom. The fourth-order valence-corrected chi connectivity index (χ4v) is 3.25. The summed E-state index contributed by atoms with van der Waals surface area (Å²) in [6.45, 7) is 4.08. The summed E-state index contributed by atoms with van der Waals surface area (Å²) in [6.07, 6.45) is 3.35. The molecular weight excluding hydrogens is 404 g/mol. The van der Waals surface area contributed by atoms with Gasteiger partial charge in [-0.05, 0) is 31.2 Å². The molecule has 0 saturated heterocycles. The van der Waals surface area contributed by atoms with Crippen LogP contribution >= 0.6 is 0 Å². The first-order chi connectivity index (χ1) is 14.7. The number of hydrogen-bond acceptors (Lipinski definition) is 8. The molecule has 8 nitrogen and oxygen atoms in total. The topological polar surface area (TPSA) is 89.5 Å². The van der Waals surface area contributed by atoms with Gasteiger partial charge in [0.2, 0.25) is 0 Å². The highest BCUT2D eigenvalue weighted by Crippen LogP contribution is 2.46. The summed E-state index contributed by atoms with van der Waals surface area (Å²) in [4.78, 5) is 22.9. The van der Waals surface area contributed by atoms with Crippen LogP contribution in [0.15, 0.2) is 24.3 Å². The van der Waals surface area contributed by atoms with Crippen molar-refractivity contribution in [3.05, 3.63) is 29.8 Å². The van der Waals surface area contributed by atoms with Crippen LogP contribution in [0, 0.1) is 0 Å². The lowest BCUT2D eigenvalue weighted by Gasteiger charge is -2.25. The van der Waals surface area contributed by atoms with Gasteiger partial charge in [-0.1, -0.05) is 6.08 Å². The Labute approximate surface area is 181 Å². The summed E-state index contributed by atoms with van der Waals surface area (Å²) in [5.74, 6) is 1.24. The van der Waals surface area contributed by atoms with Gasteiger partial charge in [-0.25, -0.2) is 0 Å². The van der Waals surface area contributed by atoms with Crippen LogP contribution in [0.3, 0.4) is 0 Å². The van der Waals surface area contributed by atoms with Gasteiger partial charge < -0.3 is 28.4 Å². The van der Waals surface area contributed by atoms with Crippen LogP contribution < -0.4 is 18.9 Å². The minimum absolute atomic E-state index is 0.136. The van der Waals surface area contributed by atoms with E-state index in [1.165, 1.54) is 13.8 Å². The average molecular weight is 432 g/mol. The van der Waals surface area contributed by atoms with Crippen LogP contribution in [-0.4, -0.2) is 52.6 Å². The molecule has 0 amide bonds. The molecule has 8 heteroatoms. The smallest absolute Gasteiger partial charge is 0.303 e. The fourth-order valence-electron chi connectivity index (χ4n) is 3.25. The molecule has 0 fully saturated rings. The molecule has 0 radical (unpaired) electrons. The Hall–Kier alpha value is -3.42. The highest BCUT2D eigenvalue weighted by molar-refractivity contribution is 6.04. The number of methoxy groups -OCH3 is 4. The Balaban J connectivity index is 2.71. The molecule has 1 atom stereocenters. The van der Waals surface area contributed by atoms with E-state index in [1.807, 2.05) is 0 Å². The summed E-state index contributed by atoms with van der Waals surface area (Å²) in [6, 6.07) is 5.34. The third kappa shape index (κ3) is 5.39. The molecule has 0 aromatic heterocycles. The third-order valence-corrected chi connectivity index (χ3v) is 4.57. The molecule has 0 aliphatic carbocycles. The van der Waals surface area contributed by atoms with Crippen molar-refractivity contribution in [2.45, 2.75) is 26.4 Å². The lowest BCUT2D eigenvalue weighted by atomic mass is 9.99. The molecule has 0 N–H and O–H groups in total. The zero-order valence-electron chi connectivity index (χ0n) is 18.9. The second-order valence-corrected chi connectivity index (χ2v) is 6.94. The van der Waals surface area contributed by atoms with E-state index in [4.69, 9.17) is 28.4 Å². The molecular formula is C23H28O8. The van der Waals surface area contributed by atoms with Gasteiger partial charge >= 0.3 is 11.9 Å². The summed E-state index contributed by atoms with van der Waals surface area (Å²) in [5, 5.41) is 1.36. The largest absolute Gasteiger partial charge is 0.496 e. The third-order valence-electron chi connectivity index (χ3n) is 4.57. The van der Waals surface area contributed by atoms with E-state index in [1.54, 1.807) is 65.7 Å². The summed E-state index contributed by atoms with van der Waals surface area (Å²) in [7, 11) is 6.23. The van der Waals surface area contributed by atoms with Crippen molar-refractivity contribution in [1.82, 2.24) is 0 Å². The van der Waals surface area contributed by atoms with Crippen LogP contribution in [0.5, 0.6) is 23.0 Å². The van der Waals surface area contributed by atoms with E-state index in [9.17, 15) is 9.59 Å². The number of carbonyl (C=O) groups is 2. The minimum atomic E-state index is -1.18. The molecule has 2 rings (SSSR count). The van der Waals surface area contributed by atoms with Crippen molar-refractivity contribution in [2.24, 2.45) is 0 Å². The number of benzene rings is 2. The van der Waals surface area contributed by atoms with E-state index >= 15 is 0 Å². The maximum absolute atomic E-state index is 11.6. The molecule has 168 valence electrons. The molecule has 0 spiro atoms. The van der Waals surface area contributed by atoms with Crippen LogP contribution in [0.25, 0.3) is 16.8 Å². The SMILES string of the molecule is COc1ccc(OC)c2c(OC)c(/C=C/[C@](C)(COC(C)=O)OC(C)=O)cc(OC)c12. The van der Waals surface area contributed by atoms with Gasteiger partial charge in [-0.2, -0.15) is 0 Å². The monoisotopic (exact) mass is 432 g/mol. The van der Waals surface area contributed by atoms with Crippen molar-refractivity contribution in [1.29, 1.82) is 0 Å². The summed E-state index contributed by atoms with van der Waals surface area (Å²) >= 11 is 0. The number of hydrogen-bond donors (Lipinski definition) is 0. The average Bonchev–Trinajstić information content (AvgIpc) is 2.74. The minimum Gasteiger partial charge on any atom is -0.496 e. The second-order valence-electron chi connectivity index (χ2n) is 6.94. The predicted molar refractivity (Wildman–Crippen MR) is 116 cm³/mol. The van der Waals surface area contributed by atoms with Crippen LogP contribution in [0.2, 0.25) is 0 Å². The van der Waals surface area contributed by atoms with Crippen molar-refractivity contribution in [3.8, 4) is 23.0 Å². The predicted octanol–water partition coefficient (Wildman–Crippen LogP) is 3.77. The zero-order chi connectivity index (χ0) is 23.2. The van der Waals surface area contributed by atoms with E-state index in [2.05, 4.69) is 0 Å². The van der Waals surface area contributed by atoms with Crippen LogP contribution in [0.4, 0.5) is 0 Å². The zero-order valence-corrected chi connectivity index (χ0v) is 18.9. The maximum atomic E-state index is 11.6. The number of ether oxygens (including phenoxy) is 6. The van der Waals surface area contributed by atoms with Crippen molar-refractivity contribution in [2.75, 3.05) is 35.0 Å². The lowest BCUT2D eigenvalue weighted by molar-refractivity contribution is -0.162. The molecule has 2 aromatic rings. The van der Waals surface area contributed by atoms with Gasteiger partial charge in [-0.15, -0.1) is 0 Å². The molecule has 0 aliphatic heterocycles. The van der Waals surface area contributed by atoms with Crippen LogP contribution in [0.1, 0.15) is 26.3 Å². The van der Waals surface area contributed by atoms with Gasteiger partial charge in [0, 0.05) is 19.4 Å². The molecule has 31 heavy (non-hydrogen) atoms. The Kier molecular flexibility index (Phi) is 7.74. The van der Waals surface area contributed by atoms with Gasteiger partial charge in [0.05, 0.1) is 39.2 Å². The summed E-state index contributed by atoms with van der Waals surface area (Å²) < 4.78 is 32.8. The lowest BCUT2D eigenvalue weighted by Crippen LogP contribution is -2.34. The highest BCUT2D eigenvalue weighted by Gasteiger charge is 2.27. The molecule has 2 aromatic carbocycles. The van der Waals surface area contributed by atoms with E-state index in [0.717, 1.165) is 0 Å². The quantitative estimate of drug-likeness (QED) is 0.553. The van der Waals surface area contributed by atoms with Crippen molar-refractivity contribution in [3.63, 3.8) is 0 Å². The molecule has 0 bridgehead atoms. The van der Waals surface area contributed by atoms with Crippen molar-refractivity contribution >= 4 is 28.8 Å². The molecule has 0 heterocycles. The normalized spacial score (nSPS) is 12.9. The Morgan fingerprint density at radius 1 is 0.871 bits per heavy atom. The first-order valence-electron chi connectivity index (χ1n) is 9.51. The second kappa shape index (κ2) is 10.1.